The van der Waals surface area contributed by atoms with Crippen molar-refractivity contribution < 1.29 is 18.0 Å². The van der Waals surface area contributed by atoms with Crippen molar-refractivity contribution in [2.24, 2.45) is 5.73 Å². The SMILES string of the molecule is NCC(=O)N(C1CC1)C(c1cccc(Cl)c1F)C(F)F. The molecule has 3 nitrogen and oxygen atoms in total. The molecule has 1 fully saturated rings. The van der Waals surface area contributed by atoms with Gasteiger partial charge in [0.1, 0.15) is 11.9 Å². The molecule has 1 aromatic rings. The second-order valence-electron chi connectivity index (χ2n) is 4.66. The quantitative estimate of drug-likeness (QED) is 0.909. The summed E-state index contributed by atoms with van der Waals surface area (Å²) >= 11 is 5.63. The summed E-state index contributed by atoms with van der Waals surface area (Å²) in [6.45, 7) is -0.387. The van der Waals surface area contributed by atoms with Gasteiger partial charge in [0.05, 0.1) is 11.6 Å². The molecule has 20 heavy (non-hydrogen) atoms. The Kier molecular flexibility index (Phi) is 4.55. The lowest BCUT2D eigenvalue weighted by atomic mass is 10.0. The minimum absolute atomic E-state index is 0.246. The van der Waals surface area contributed by atoms with Gasteiger partial charge >= 0.3 is 0 Å². The topological polar surface area (TPSA) is 46.3 Å². The van der Waals surface area contributed by atoms with Gasteiger partial charge < -0.3 is 10.6 Å². The fourth-order valence-electron chi connectivity index (χ4n) is 2.20. The van der Waals surface area contributed by atoms with Gasteiger partial charge in [0.15, 0.2) is 0 Å². The molecule has 1 aliphatic rings. The van der Waals surface area contributed by atoms with Crippen molar-refractivity contribution in [3.05, 3.63) is 34.6 Å². The molecule has 0 bridgehead atoms. The van der Waals surface area contributed by atoms with Gasteiger partial charge in [0, 0.05) is 11.6 Å². The minimum atomic E-state index is -2.92. The molecule has 1 amide bonds. The number of hydrogen-bond donors (Lipinski definition) is 1. The molecule has 0 aromatic heterocycles. The van der Waals surface area contributed by atoms with Crippen LogP contribution < -0.4 is 5.73 Å². The Labute approximate surface area is 119 Å². The van der Waals surface area contributed by atoms with Crippen LogP contribution in [0.3, 0.4) is 0 Å². The summed E-state index contributed by atoms with van der Waals surface area (Å²) in [6, 6.07) is 1.92. The van der Waals surface area contributed by atoms with Gasteiger partial charge in [0.2, 0.25) is 5.91 Å². The Morgan fingerprint density at radius 2 is 2.10 bits per heavy atom. The first-order valence-electron chi connectivity index (χ1n) is 6.20. The molecule has 1 unspecified atom stereocenters. The summed E-state index contributed by atoms with van der Waals surface area (Å²) < 4.78 is 40.8. The number of hydrogen-bond acceptors (Lipinski definition) is 2. The zero-order valence-corrected chi connectivity index (χ0v) is 11.3. The third kappa shape index (κ3) is 2.91. The van der Waals surface area contributed by atoms with Crippen LogP contribution in [0.5, 0.6) is 0 Å². The molecular formula is C13H14ClF3N2O. The van der Waals surface area contributed by atoms with E-state index in [9.17, 15) is 18.0 Å². The molecule has 1 atom stereocenters. The maximum absolute atomic E-state index is 14.0. The van der Waals surface area contributed by atoms with Crippen LogP contribution in [-0.4, -0.2) is 29.8 Å². The first-order chi connectivity index (χ1) is 9.47. The van der Waals surface area contributed by atoms with Crippen LogP contribution >= 0.6 is 11.6 Å². The molecule has 0 radical (unpaired) electrons. The second-order valence-corrected chi connectivity index (χ2v) is 5.07. The van der Waals surface area contributed by atoms with E-state index in [-0.39, 0.29) is 23.2 Å². The number of carbonyl (C=O) groups excluding carboxylic acids is 1. The van der Waals surface area contributed by atoms with Crippen LogP contribution in [0, 0.1) is 5.82 Å². The first kappa shape index (κ1) is 15.1. The fourth-order valence-corrected chi connectivity index (χ4v) is 2.38. The number of nitrogens with two attached hydrogens (primary N) is 1. The van der Waals surface area contributed by atoms with Crippen LogP contribution in [-0.2, 0) is 4.79 Å². The van der Waals surface area contributed by atoms with Gasteiger partial charge in [-0.2, -0.15) is 0 Å². The summed E-state index contributed by atoms with van der Waals surface area (Å²) in [7, 11) is 0. The summed E-state index contributed by atoms with van der Waals surface area (Å²) in [4.78, 5) is 12.8. The van der Waals surface area contributed by atoms with Crippen molar-refractivity contribution in [1.29, 1.82) is 0 Å². The normalized spacial score (nSPS) is 16.3. The van der Waals surface area contributed by atoms with E-state index in [1.54, 1.807) is 0 Å². The molecule has 1 aromatic carbocycles. The predicted octanol–water partition coefficient (Wildman–Crippen LogP) is 2.74. The number of benzene rings is 1. The highest BCUT2D eigenvalue weighted by Gasteiger charge is 2.42. The lowest BCUT2D eigenvalue weighted by Crippen LogP contribution is -2.43. The smallest absolute Gasteiger partial charge is 0.262 e. The number of amides is 1. The Hall–Kier alpha value is -1.27. The molecule has 1 saturated carbocycles. The standard InChI is InChI=1S/C13H14ClF3N2O/c14-9-3-1-2-8(11(9)15)12(13(16)17)19(7-4-5-7)10(20)6-18/h1-3,7,12-13H,4-6,18H2. The molecule has 2 rings (SSSR count). The minimum Gasteiger partial charge on any atom is -0.326 e. The Bertz CT molecular complexity index is 508. The van der Waals surface area contributed by atoms with Gasteiger partial charge in [-0.05, 0) is 18.9 Å². The highest BCUT2D eigenvalue weighted by molar-refractivity contribution is 6.30. The molecule has 1 aliphatic carbocycles. The summed E-state index contributed by atoms with van der Waals surface area (Å²) in [6.07, 6.45) is -1.67. The number of nitrogens with zero attached hydrogens (tertiary/aromatic N) is 1. The van der Waals surface area contributed by atoms with E-state index in [0.29, 0.717) is 12.8 Å². The van der Waals surface area contributed by atoms with Crippen molar-refractivity contribution in [2.45, 2.75) is 31.4 Å². The monoisotopic (exact) mass is 306 g/mol. The molecule has 2 N–H and O–H groups in total. The van der Waals surface area contributed by atoms with E-state index in [0.717, 1.165) is 4.90 Å². The van der Waals surface area contributed by atoms with Crippen molar-refractivity contribution in [1.82, 2.24) is 4.90 Å². The van der Waals surface area contributed by atoms with E-state index in [1.165, 1.54) is 18.2 Å². The van der Waals surface area contributed by atoms with E-state index >= 15 is 0 Å². The molecule has 7 heteroatoms. The molecule has 0 aliphatic heterocycles. The van der Waals surface area contributed by atoms with Gasteiger partial charge in [-0.1, -0.05) is 23.7 Å². The molecule has 0 spiro atoms. The average Bonchev–Trinajstić information content (AvgIpc) is 3.23. The van der Waals surface area contributed by atoms with Crippen molar-refractivity contribution in [3.63, 3.8) is 0 Å². The summed E-state index contributed by atoms with van der Waals surface area (Å²) in [5.41, 5.74) is 4.99. The summed E-state index contributed by atoms with van der Waals surface area (Å²) in [5, 5.41) is -0.246. The highest BCUT2D eigenvalue weighted by Crippen LogP contribution is 2.39. The maximum atomic E-state index is 14.0. The van der Waals surface area contributed by atoms with Gasteiger partial charge in [-0.15, -0.1) is 0 Å². The fraction of sp³-hybridized carbons (Fsp3) is 0.462. The van der Waals surface area contributed by atoms with Gasteiger partial charge in [-0.25, -0.2) is 13.2 Å². The number of carbonyl (C=O) groups is 1. The van der Waals surface area contributed by atoms with Gasteiger partial charge in [0.25, 0.3) is 6.43 Å². The van der Waals surface area contributed by atoms with Crippen LogP contribution in [0.2, 0.25) is 5.02 Å². The van der Waals surface area contributed by atoms with E-state index < -0.39 is 24.2 Å². The first-order valence-corrected chi connectivity index (χ1v) is 6.58. The highest BCUT2D eigenvalue weighted by atomic mass is 35.5. The Morgan fingerprint density at radius 3 is 2.60 bits per heavy atom. The van der Waals surface area contributed by atoms with Crippen LogP contribution in [0.15, 0.2) is 18.2 Å². The van der Waals surface area contributed by atoms with E-state index in [1.807, 2.05) is 0 Å². The third-order valence-electron chi connectivity index (χ3n) is 3.24. The summed E-state index contributed by atoms with van der Waals surface area (Å²) in [5.74, 6) is -1.54. The lowest BCUT2D eigenvalue weighted by molar-refractivity contribution is -0.137. The largest absolute Gasteiger partial charge is 0.326 e. The average molecular weight is 307 g/mol. The predicted molar refractivity (Wildman–Crippen MR) is 69.1 cm³/mol. The Morgan fingerprint density at radius 1 is 1.45 bits per heavy atom. The number of halogens is 4. The van der Waals surface area contributed by atoms with E-state index in [4.69, 9.17) is 17.3 Å². The Balaban J connectivity index is 2.44. The van der Waals surface area contributed by atoms with Crippen molar-refractivity contribution in [3.8, 4) is 0 Å². The number of alkyl halides is 2. The van der Waals surface area contributed by atoms with Crippen LogP contribution in [0.1, 0.15) is 24.4 Å². The number of rotatable bonds is 5. The van der Waals surface area contributed by atoms with E-state index in [2.05, 4.69) is 0 Å². The molecule has 110 valence electrons. The zero-order chi connectivity index (χ0) is 14.9. The van der Waals surface area contributed by atoms with Crippen LogP contribution in [0.25, 0.3) is 0 Å². The molecule has 0 saturated heterocycles. The molecular weight excluding hydrogens is 293 g/mol. The van der Waals surface area contributed by atoms with Crippen molar-refractivity contribution in [2.75, 3.05) is 6.54 Å². The third-order valence-corrected chi connectivity index (χ3v) is 3.53. The lowest BCUT2D eigenvalue weighted by Gasteiger charge is -2.31. The van der Waals surface area contributed by atoms with Crippen molar-refractivity contribution >= 4 is 17.5 Å². The zero-order valence-electron chi connectivity index (χ0n) is 10.5. The maximum Gasteiger partial charge on any atom is 0.262 e. The second kappa shape index (κ2) is 6.01. The molecule has 0 heterocycles. The van der Waals surface area contributed by atoms with Gasteiger partial charge in [-0.3, -0.25) is 4.79 Å². The van der Waals surface area contributed by atoms with Crippen LogP contribution in [0.4, 0.5) is 13.2 Å².